The molecule has 1 amide bonds. The van der Waals surface area contributed by atoms with Crippen LogP contribution in [0.25, 0.3) is 0 Å². The fourth-order valence-electron chi connectivity index (χ4n) is 1.63. The van der Waals surface area contributed by atoms with Crippen molar-refractivity contribution in [2.24, 2.45) is 5.92 Å². The van der Waals surface area contributed by atoms with Gasteiger partial charge in [-0.25, -0.2) is 8.78 Å². The Kier molecular flexibility index (Phi) is 3.45. The van der Waals surface area contributed by atoms with Gasteiger partial charge < -0.3 is 4.90 Å². The molecule has 0 unspecified atom stereocenters. The van der Waals surface area contributed by atoms with E-state index in [9.17, 15) is 13.6 Å². The first-order valence-electron chi connectivity index (χ1n) is 5.13. The summed E-state index contributed by atoms with van der Waals surface area (Å²) >= 11 is 0. The Morgan fingerprint density at radius 1 is 1.57 bits per heavy atom. The molecule has 1 atom stereocenters. The molecule has 0 aromatic heterocycles. The van der Waals surface area contributed by atoms with Crippen LogP contribution in [0.1, 0.15) is 33.1 Å². The zero-order valence-corrected chi connectivity index (χ0v) is 8.72. The quantitative estimate of drug-likeness (QED) is 0.677. The van der Waals surface area contributed by atoms with Crippen LogP contribution >= 0.6 is 0 Å². The minimum Gasteiger partial charge on any atom is -0.337 e. The van der Waals surface area contributed by atoms with Crippen molar-refractivity contribution in [1.82, 2.24) is 4.90 Å². The normalized spacial score (nSPS) is 26.3. The van der Waals surface area contributed by atoms with Crippen LogP contribution in [0.3, 0.4) is 0 Å². The highest BCUT2D eigenvalue weighted by Crippen LogP contribution is 2.32. The van der Waals surface area contributed by atoms with Crippen LogP contribution < -0.4 is 0 Å². The highest BCUT2D eigenvalue weighted by Gasteiger charge is 2.42. The largest absolute Gasteiger partial charge is 0.337 e. The Hall–Kier alpha value is -0.670. The molecule has 2 nitrogen and oxygen atoms in total. The van der Waals surface area contributed by atoms with Crippen LogP contribution in [-0.2, 0) is 4.79 Å². The van der Waals surface area contributed by atoms with Gasteiger partial charge in [-0.2, -0.15) is 0 Å². The van der Waals surface area contributed by atoms with Gasteiger partial charge in [0.2, 0.25) is 5.91 Å². The van der Waals surface area contributed by atoms with E-state index >= 15 is 0 Å². The molecule has 0 aromatic rings. The van der Waals surface area contributed by atoms with Gasteiger partial charge >= 0.3 is 0 Å². The van der Waals surface area contributed by atoms with Crippen LogP contribution in [0.4, 0.5) is 8.78 Å². The van der Waals surface area contributed by atoms with Gasteiger partial charge in [0.25, 0.3) is 5.92 Å². The minimum atomic E-state index is -2.71. The number of carbonyl (C=O) groups is 1. The van der Waals surface area contributed by atoms with Crippen molar-refractivity contribution in [1.29, 1.82) is 0 Å². The van der Waals surface area contributed by atoms with Crippen LogP contribution in [0.15, 0.2) is 0 Å². The first-order valence-corrected chi connectivity index (χ1v) is 5.13. The van der Waals surface area contributed by atoms with Crippen LogP contribution in [-0.4, -0.2) is 29.8 Å². The molecular weight excluding hydrogens is 188 g/mol. The third-order valence-corrected chi connectivity index (χ3v) is 2.77. The summed E-state index contributed by atoms with van der Waals surface area (Å²) in [7, 11) is 0. The predicted molar refractivity (Wildman–Crippen MR) is 50.2 cm³/mol. The molecule has 4 heteroatoms. The van der Waals surface area contributed by atoms with Gasteiger partial charge in [0.15, 0.2) is 0 Å². The van der Waals surface area contributed by atoms with Crippen molar-refractivity contribution in [3.63, 3.8) is 0 Å². The van der Waals surface area contributed by atoms with Gasteiger partial charge in [0.1, 0.15) is 0 Å². The molecule has 1 heterocycles. The summed E-state index contributed by atoms with van der Waals surface area (Å²) in [5.74, 6) is -3.45. The van der Waals surface area contributed by atoms with Crippen LogP contribution in [0, 0.1) is 5.92 Å². The van der Waals surface area contributed by atoms with E-state index in [1.807, 2.05) is 6.92 Å². The summed E-state index contributed by atoms with van der Waals surface area (Å²) in [6, 6.07) is 0. The van der Waals surface area contributed by atoms with Crippen molar-refractivity contribution in [3.05, 3.63) is 0 Å². The smallest absolute Gasteiger partial charge is 0.267 e. The number of hydrogen-bond acceptors (Lipinski definition) is 1. The summed E-state index contributed by atoms with van der Waals surface area (Å²) in [4.78, 5) is 12.7. The number of piperidine rings is 1. The molecule has 14 heavy (non-hydrogen) atoms. The average molecular weight is 205 g/mol. The number of hydrogen-bond donors (Lipinski definition) is 0. The van der Waals surface area contributed by atoms with E-state index < -0.39 is 18.4 Å². The monoisotopic (exact) mass is 205 g/mol. The van der Waals surface area contributed by atoms with E-state index in [0.717, 1.165) is 6.42 Å². The molecule has 1 aliphatic heterocycles. The summed E-state index contributed by atoms with van der Waals surface area (Å²) in [6.45, 7) is 3.51. The third-order valence-electron chi connectivity index (χ3n) is 2.77. The SMILES string of the molecule is CCCC(=O)N1CC[C@H](C)C(F)(F)C1. The molecule has 0 radical (unpaired) electrons. The number of amides is 1. The molecule has 0 spiro atoms. The summed E-state index contributed by atoms with van der Waals surface area (Å²) in [5.41, 5.74) is 0. The first kappa shape index (κ1) is 11.4. The van der Waals surface area contributed by atoms with E-state index in [2.05, 4.69) is 0 Å². The number of alkyl halides is 2. The molecule has 1 aliphatic rings. The molecule has 0 bridgehead atoms. The van der Waals surface area contributed by atoms with E-state index in [1.54, 1.807) is 6.92 Å². The lowest BCUT2D eigenvalue weighted by molar-refractivity contribution is -0.148. The van der Waals surface area contributed by atoms with Crippen molar-refractivity contribution < 1.29 is 13.6 Å². The second-order valence-electron chi connectivity index (χ2n) is 4.02. The molecule has 1 fully saturated rings. The van der Waals surface area contributed by atoms with E-state index in [0.29, 0.717) is 19.4 Å². The molecule has 0 saturated carbocycles. The molecule has 0 N–H and O–H groups in total. The lowest BCUT2D eigenvalue weighted by Gasteiger charge is -2.36. The third kappa shape index (κ3) is 2.42. The number of nitrogens with zero attached hydrogens (tertiary/aromatic N) is 1. The highest BCUT2D eigenvalue weighted by molar-refractivity contribution is 5.76. The number of carbonyl (C=O) groups excluding carboxylic acids is 1. The van der Waals surface area contributed by atoms with E-state index in [-0.39, 0.29) is 5.91 Å². The zero-order chi connectivity index (χ0) is 10.8. The first-order chi connectivity index (χ1) is 6.47. The topological polar surface area (TPSA) is 20.3 Å². The van der Waals surface area contributed by atoms with Crippen molar-refractivity contribution in [2.45, 2.75) is 39.0 Å². The van der Waals surface area contributed by atoms with Gasteiger partial charge in [-0.15, -0.1) is 0 Å². The molecule has 1 saturated heterocycles. The number of likely N-dealkylation sites (tertiary alicyclic amines) is 1. The average Bonchev–Trinajstić information content (AvgIpc) is 2.10. The zero-order valence-electron chi connectivity index (χ0n) is 8.72. The minimum absolute atomic E-state index is 0.140. The Morgan fingerprint density at radius 2 is 2.21 bits per heavy atom. The van der Waals surface area contributed by atoms with Crippen LogP contribution in [0.2, 0.25) is 0 Å². The van der Waals surface area contributed by atoms with Crippen molar-refractivity contribution in [3.8, 4) is 0 Å². The predicted octanol–water partition coefficient (Wildman–Crippen LogP) is 2.29. The van der Waals surface area contributed by atoms with Gasteiger partial charge in [-0.3, -0.25) is 4.79 Å². The van der Waals surface area contributed by atoms with E-state index in [4.69, 9.17) is 0 Å². The summed E-state index contributed by atoms with van der Waals surface area (Å²) in [5, 5.41) is 0. The molecule has 0 aromatic carbocycles. The maximum atomic E-state index is 13.3. The molecule has 1 rings (SSSR count). The Bertz CT molecular complexity index is 218. The maximum Gasteiger partial charge on any atom is 0.267 e. The molecule has 0 aliphatic carbocycles. The summed E-state index contributed by atoms with van der Waals surface area (Å²) in [6.07, 6.45) is 1.50. The fraction of sp³-hybridized carbons (Fsp3) is 0.900. The Labute approximate surface area is 83.3 Å². The maximum absolute atomic E-state index is 13.3. The summed E-state index contributed by atoms with van der Waals surface area (Å²) < 4.78 is 26.5. The second-order valence-corrected chi connectivity index (χ2v) is 4.02. The standard InChI is InChI=1S/C10H17F2NO/c1-3-4-9(14)13-6-5-8(2)10(11,12)7-13/h8H,3-7H2,1-2H3/t8-/m0/s1. The fourth-order valence-corrected chi connectivity index (χ4v) is 1.63. The number of rotatable bonds is 2. The Balaban J connectivity index is 2.55. The van der Waals surface area contributed by atoms with Gasteiger partial charge in [0.05, 0.1) is 6.54 Å². The van der Waals surface area contributed by atoms with Gasteiger partial charge in [-0.1, -0.05) is 13.8 Å². The molecule has 82 valence electrons. The lowest BCUT2D eigenvalue weighted by Crippen LogP contribution is -2.49. The van der Waals surface area contributed by atoms with E-state index in [1.165, 1.54) is 4.90 Å². The second kappa shape index (κ2) is 4.24. The van der Waals surface area contributed by atoms with Crippen molar-refractivity contribution >= 4 is 5.91 Å². The Morgan fingerprint density at radius 3 is 2.71 bits per heavy atom. The molecular formula is C10H17F2NO. The van der Waals surface area contributed by atoms with Crippen molar-refractivity contribution in [2.75, 3.05) is 13.1 Å². The number of halogens is 2. The van der Waals surface area contributed by atoms with Gasteiger partial charge in [-0.05, 0) is 12.8 Å². The van der Waals surface area contributed by atoms with Crippen LogP contribution in [0.5, 0.6) is 0 Å². The lowest BCUT2D eigenvalue weighted by atomic mass is 9.94. The van der Waals surface area contributed by atoms with Gasteiger partial charge in [0, 0.05) is 18.9 Å². The highest BCUT2D eigenvalue weighted by atomic mass is 19.3.